The van der Waals surface area contributed by atoms with Crippen LogP contribution in [0.3, 0.4) is 0 Å². The number of pyridine rings is 3. The third kappa shape index (κ3) is 3.73. The van der Waals surface area contributed by atoms with Gasteiger partial charge in [0, 0.05) is 38.3 Å². The number of aromatic nitrogens is 3. The van der Waals surface area contributed by atoms with E-state index in [0.29, 0.717) is 58.1 Å². The summed E-state index contributed by atoms with van der Waals surface area (Å²) < 4.78 is 6.38. The Morgan fingerprint density at radius 2 is 1.97 bits per heavy atom. The van der Waals surface area contributed by atoms with E-state index in [-0.39, 0.29) is 5.91 Å². The first-order valence-corrected chi connectivity index (χ1v) is 9.88. The van der Waals surface area contributed by atoms with Gasteiger partial charge in [0.25, 0.3) is 5.91 Å². The van der Waals surface area contributed by atoms with Crippen molar-refractivity contribution in [2.45, 2.75) is 13.3 Å². The molecule has 4 rings (SSSR count). The van der Waals surface area contributed by atoms with Gasteiger partial charge in [-0.25, -0.2) is 9.97 Å². The molecule has 0 aromatic carbocycles. The molecule has 0 aliphatic carbocycles. The lowest BCUT2D eigenvalue weighted by Crippen LogP contribution is -2.25. The number of rotatable bonds is 5. The van der Waals surface area contributed by atoms with Crippen LogP contribution in [-0.4, -0.2) is 36.1 Å². The molecule has 0 bridgehead atoms. The van der Waals surface area contributed by atoms with Crippen LogP contribution in [0.25, 0.3) is 0 Å². The highest BCUT2D eigenvalue weighted by atomic mass is 35.5. The van der Waals surface area contributed by atoms with Gasteiger partial charge in [0.2, 0.25) is 0 Å². The molecular formula is C21H20ClN5O3. The molecule has 3 aromatic rings. The van der Waals surface area contributed by atoms with Crippen molar-refractivity contribution in [3.63, 3.8) is 0 Å². The zero-order valence-electron chi connectivity index (χ0n) is 16.6. The van der Waals surface area contributed by atoms with Crippen LogP contribution in [-0.2, 0) is 6.42 Å². The Bertz CT molecular complexity index is 1090. The second-order valence-corrected chi connectivity index (χ2v) is 7.18. The number of fused-ring (bicyclic) bond motifs is 2. The maximum atomic E-state index is 13.2. The molecule has 0 spiro atoms. The van der Waals surface area contributed by atoms with Crippen molar-refractivity contribution >= 4 is 34.8 Å². The van der Waals surface area contributed by atoms with E-state index in [0.717, 1.165) is 5.56 Å². The second-order valence-electron chi connectivity index (χ2n) is 6.79. The van der Waals surface area contributed by atoms with Crippen LogP contribution >= 0.6 is 11.6 Å². The van der Waals surface area contributed by atoms with Crippen molar-refractivity contribution in [2.75, 3.05) is 30.0 Å². The summed E-state index contributed by atoms with van der Waals surface area (Å²) in [5.74, 6) is 1.60. The molecule has 1 amide bonds. The van der Waals surface area contributed by atoms with Crippen LogP contribution in [0.1, 0.15) is 22.8 Å². The summed E-state index contributed by atoms with van der Waals surface area (Å²) >= 11 is 6.11. The molecule has 0 atom stereocenters. The van der Waals surface area contributed by atoms with Gasteiger partial charge in [-0.2, -0.15) is 4.73 Å². The van der Waals surface area contributed by atoms with Gasteiger partial charge in [-0.3, -0.25) is 4.79 Å². The molecule has 30 heavy (non-hydrogen) atoms. The van der Waals surface area contributed by atoms with Crippen LogP contribution in [0.4, 0.5) is 17.3 Å². The van der Waals surface area contributed by atoms with Crippen LogP contribution < -0.4 is 19.3 Å². The Balaban J connectivity index is 1.61. The molecule has 0 saturated carbocycles. The third-order valence-electron chi connectivity index (χ3n) is 4.90. The lowest BCUT2D eigenvalue weighted by molar-refractivity contribution is -0.605. The van der Waals surface area contributed by atoms with Crippen LogP contribution in [0, 0.1) is 5.21 Å². The molecule has 154 valence electrons. The second kappa shape index (κ2) is 8.16. The lowest BCUT2D eigenvalue weighted by atomic mass is 10.1. The average Bonchev–Trinajstić information content (AvgIpc) is 2.83. The normalized spacial score (nSPS) is 13.0. The summed E-state index contributed by atoms with van der Waals surface area (Å²) in [7, 11) is 1.72. The molecule has 4 heterocycles. The van der Waals surface area contributed by atoms with Crippen molar-refractivity contribution < 1.29 is 14.3 Å². The number of nitrogens with zero attached hydrogens (tertiary/aromatic N) is 5. The van der Waals surface area contributed by atoms with Crippen molar-refractivity contribution in [3.05, 3.63) is 70.4 Å². The van der Waals surface area contributed by atoms with Crippen molar-refractivity contribution in [1.29, 1.82) is 0 Å². The highest BCUT2D eigenvalue weighted by Crippen LogP contribution is 2.38. The fraction of sp³-hybridized carbons (Fsp3) is 0.238. The van der Waals surface area contributed by atoms with E-state index < -0.39 is 0 Å². The number of hydrogen-bond donors (Lipinski definition) is 0. The van der Waals surface area contributed by atoms with E-state index in [9.17, 15) is 10.0 Å². The minimum Gasteiger partial charge on any atom is -0.619 e. The van der Waals surface area contributed by atoms with Gasteiger partial charge in [-0.1, -0.05) is 11.6 Å². The Morgan fingerprint density at radius 1 is 1.20 bits per heavy atom. The topological polar surface area (TPSA) is 85.5 Å². The highest BCUT2D eigenvalue weighted by molar-refractivity contribution is 6.29. The summed E-state index contributed by atoms with van der Waals surface area (Å²) in [5, 5.41) is 11.4. The predicted octanol–water partition coefficient (Wildman–Crippen LogP) is 3.13. The number of carbonyl (C=O) groups excluding carboxylic acids is 1. The summed E-state index contributed by atoms with van der Waals surface area (Å²) in [6, 6.07) is 8.52. The zero-order valence-corrected chi connectivity index (χ0v) is 17.3. The molecule has 1 aliphatic heterocycles. The number of hydrogen-bond acceptors (Lipinski definition) is 6. The van der Waals surface area contributed by atoms with Crippen LogP contribution in [0.2, 0.25) is 5.15 Å². The Morgan fingerprint density at radius 3 is 2.70 bits per heavy atom. The molecule has 8 nitrogen and oxygen atoms in total. The van der Waals surface area contributed by atoms with Crippen molar-refractivity contribution in [1.82, 2.24) is 9.97 Å². The zero-order chi connectivity index (χ0) is 21.3. The van der Waals surface area contributed by atoms with E-state index in [2.05, 4.69) is 9.97 Å². The molecule has 0 radical (unpaired) electrons. The van der Waals surface area contributed by atoms with E-state index in [1.807, 2.05) is 17.9 Å². The molecule has 1 aliphatic rings. The van der Waals surface area contributed by atoms with Gasteiger partial charge in [0.1, 0.15) is 16.7 Å². The standard InChI is InChI=1S/C21H20ClN5O3/c1-3-27-19-16(21(28)25(2)17-4-5-18(22)24-20(17)27)12-14(13-23-19)8-11-30-15-6-9-26(29)10-7-15/h4-7,9-10,12-13H,3,8,11H2,1-2H3. The van der Waals surface area contributed by atoms with Crippen LogP contribution in [0.5, 0.6) is 5.75 Å². The summed E-state index contributed by atoms with van der Waals surface area (Å²) in [5.41, 5.74) is 2.05. The largest absolute Gasteiger partial charge is 0.619 e. The average molecular weight is 426 g/mol. The first-order chi connectivity index (χ1) is 14.5. The Labute approximate surface area is 178 Å². The number of carbonyl (C=O) groups is 1. The number of anilines is 3. The molecule has 0 saturated heterocycles. The molecular weight excluding hydrogens is 406 g/mol. The minimum absolute atomic E-state index is 0.162. The van der Waals surface area contributed by atoms with Crippen molar-refractivity contribution in [2.24, 2.45) is 0 Å². The fourth-order valence-corrected chi connectivity index (χ4v) is 3.50. The Kier molecular flexibility index (Phi) is 5.41. The predicted molar refractivity (Wildman–Crippen MR) is 113 cm³/mol. The number of halogens is 1. The van der Waals surface area contributed by atoms with E-state index in [1.165, 1.54) is 12.4 Å². The molecule has 3 aromatic heterocycles. The maximum Gasteiger partial charge on any atom is 0.261 e. The number of amides is 1. The van der Waals surface area contributed by atoms with Crippen LogP contribution in [0.15, 0.2) is 48.9 Å². The Hall–Kier alpha value is -3.39. The first-order valence-electron chi connectivity index (χ1n) is 9.50. The fourth-order valence-electron chi connectivity index (χ4n) is 3.36. The van der Waals surface area contributed by atoms with Gasteiger partial charge in [0.15, 0.2) is 18.2 Å². The quantitative estimate of drug-likeness (QED) is 0.354. The van der Waals surface area contributed by atoms with Crippen molar-refractivity contribution in [3.8, 4) is 5.75 Å². The monoisotopic (exact) mass is 425 g/mol. The van der Waals surface area contributed by atoms with Gasteiger partial charge in [-0.15, -0.1) is 0 Å². The molecule has 0 fully saturated rings. The smallest absolute Gasteiger partial charge is 0.261 e. The van der Waals surface area contributed by atoms with E-state index in [4.69, 9.17) is 16.3 Å². The highest BCUT2D eigenvalue weighted by Gasteiger charge is 2.30. The molecule has 0 N–H and O–H groups in total. The van der Waals surface area contributed by atoms with E-state index in [1.54, 1.807) is 42.4 Å². The third-order valence-corrected chi connectivity index (χ3v) is 5.11. The summed E-state index contributed by atoms with van der Waals surface area (Å²) in [4.78, 5) is 25.6. The van der Waals surface area contributed by atoms with Gasteiger partial charge in [-0.05, 0) is 30.7 Å². The SMILES string of the molecule is CCN1c2ncc(CCOc3cc[n+]([O-])cc3)cc2C(=O)N(C)c2ccc(Cl)nc21. The maximum absolute atomic E-state index is 13.2. The summed E-state index contributed by atoms with van der Waals surface area (Å²) in [6.45, 7) is 2.95. The van der Waals surface area contributed by atoms with Gasteiger partial charge >= 0.3 is 0 Å². The lowest BCUT2D eigenvalue weighted by Gasteiger charge is -2.23. The van der Waals surface area contributed by atoms with Gasteiger partial charge in [0.05, 0.1) is 17.9 Å². The molecule has 9 heteroatoms. The minimum atomic E-state index is -0.162. The summed E-state index contributed by atoms with van der Waals surface area (Å²) in [6.07, 6.45) is 5.06. The van der Waals surface area contributed by atoms with E-state index >= 15 is 0 Å². The first kappa shape index (κ1) is 19.9. The molecule has 0 unspecified atom stereocenters. The van der Waals surface area contributed by atoms with Gasteiger partial charge < -0.3 is 19.7 Å². The number of ether oxygens (including phenoxy) is 1.